The molecule has 1 aromatic carbocycles. The van der Waals surface area contributed by atoms with Crippen LogP contribution in [0.4, 0.5) is 5.95 Å². The fourth-order valence-electron chi connectivity index (χ4n) is 1.64. The average molecular weight is 260 g/mol. The average Bonchev–Trinajstić information content (AvgIpc) is 2.37. The van der Waals surface area contributed by atoms with Gasteiger partial charge in [0.25, 0.3) is 0 Å². The first-order valence-electron chi connectivity index (χ1n) is 5.95. The Labute approximate surface area is 111 Å². The van der Waals surface area contributed by atoms with Crippen molar-refractivity contribution < 1.29 is 9.90 Å². The molecule has 1 heterocycles. The van der Waals surface area contributed by atoms with Crippen LogP contribution >= 0.6 is 0 Å². The molecule has 2 N–H and O–H groups in total. The summed E-state index contributed by atoms with van der Waals surface area (Å²) in [4.78, 5) is 21.4. The highest BCUT2D eigenvalue weighted by Gasteiger charge is 2.05. The smallest absolute Gasteiger partial charge is 0.335 e. The van der Waals surface area contributed by atoms with Gasteiger partial charge < -0.3 is 15.3 Å². The third-order valence-electron chi connectivity index (χ3n) is 2.67. The Morgan fingerprint density at radius 2 is 2.21 bits per heavy atom. The van der Waals surface area contributed by atoms with Gasteiger partial charge in [-0.25, -0.2) is 14.8 Å². The van der Waals surface area contributed by atoms with Crippen molar-refractivity contribution in [1.29, 1.82) is 0 Å². The molecular formula is C13H16N4O2. The van der Waals surface area contributed by atoms with Crippen LogP contribution in [-0.4, -0.2) is 53.1 Å². The van der Waals surface area contributed by atoms with Crippen molar-refractivity contribution in [3.8, 4) is 0 Å². The van der Waals surface area contributed by atoms with E-state index in [2.05, 4.69) is 20.2 Å². The number of carboxylic acid groups (broad SMARTS) is 1. The lowest BCUT2D eigenvalue weighted by atomic mass is 10.1. The second-order valence-corrected chi connectivity index (χ2v) is 4.50. The summed E-state index contributed by atoms with van der Waals surface area (Å²) < 4.78 is 0. The lowest BCUT2D eigenvalue weighted by Crippen LogP contribution is -2.21. The minimum Gasteiger partial charge on any atom is -0.478 e. The number of rotatable bonds is 5. The first-order valence-corrected chi connectivity index (χ1v) is 5.95. The van der Waals surface area contributed by atoms with Crippen molar-refractivity contribution in [2.75, 3.05) is 32.5 Å². The summed E-state index contributed by atoms with van der Waals surface area (Å²) in [6.45, 7) is 1.64. The molecule has 6 heteroatoms. The molecule has 6 nitrogen and oxygen atoms in total. The SMILES string of the molecule is CN(C)CCNc1ncc2cc(C(=O)O)ccc2n1. The lowest BCUT2D eigenvalue weighted by Gasteiger charge is -2.10. The number of nitrogens with zero attached hydrogens (tertiary/aromatic N) is 3. The molecule has 0 aliphatic rings. The maximum absolute atomic E-state index is 10.9. The molecule has 0 bridgehead atoms. The molecule has 0 spiro atoms. The van der Waals surface area contributed by atoms with E-state index < -0.39 is 5.97 Å². The van der Waals surface area contributed by atoms with Gasteiger partial charge in [-0.3, -0.25) is 0 Å². The van der Waals surface area contributed by atoms with Gasteiger partial charge in [0, 0.05) is 24.7 Å². The van der Waals surface area contributed by atoms with Crippen molar-refractivity contribution in [3.05, 3.63) is 30.0 Å². The number of likely N-dealkylation sites (N-methyl/N-ethyl adjacent to an activating group) is 1. The van der Waals surface area contributed by atoms with Gasteiger partial charge >= 0.3 is 5.97 Å². The summed E-state index contributed by atoms with van der Waals surface area (Å²) in [7, 11) is 3.99. The van der Waals surface area contributed by atoms with Crippen molar-refractivity contribution >= 4 is 22.8 Å². The monoisotopic (exact) mass is 260 g/mol. The summed E-state index contributed by atoms with van der Waals surface area (Å²) in [5.74, 6) is -0.396. The maximum Gasteiger partial charge on any atom is 0.335 e. The summed E-state index contributed by atoms with van der Waals surface area (Å²) in [6, 6.07) is 4.81. The first-order chi connectivity index (χ1) is 9.06. The van der Waals surface area contributed by atoms with E-state index in [1.54, 1.807) is 24.4 Å². The van der Waals surface area contributed by atoms with Gasteiger partial charge in [-0.1, -0.05) is 0 Å². The van der Waals surface area contributed by atoms with Crippen LogP contribution in [0.3, 0.4) is 0 Å². The van der Waals surface area contributed by atoms with Crippen LogP contribution in [0.1, 0.15) is 10.4 Å². The van der Waals surface area contributed by atoms with Crippen molar-refractivity contribution in [2.24, 2.45) is 0 Å². The van der Waals surface area contributed by atoms with Gasteiger partial charge in [0.05, 0.1) is 11.1 Å². The fraction of sp³-hybridized carbons (Fsp3) is 0.308. The summed E-state index contributed by atoms with van der Waals surface area (Å²) in [6.07, 6.45) is 1.63. The van der Waals surface area contributed by atoms with E-state index in [-0.39, 0.29) is 5.56 Å². The number of anilines is 1. The predicted molar refractivity (Wildman–Crippen MR) is 73.5 cm³/mol. The van der Waals surface area contributed by atoms with Crippen LogP contribution in [0.5, 0.6) is 0 Å². The number of carboxylic acids is 1. The standard InChI is InChI=1S/C13H16N4O2/c1-17(2)6-5-14-13-15-8-10-7-9(12(18)19)3-4-11(10)16-13/h3-4,7-8H,5-6H2,1-2H3,(H,18,19)(H,14,15,16). The molecule has 0 aliphatic carbocycles. The van der Waals surface area contributed by atoms with E-state index >= 15 is 0 Å². The van der Waals surface area contributed by atoms with Gasteiger partial charge in [-0.2, -0.15) is 0 Å². The topological polar surface area (TPSA) is 78.4 Å². The van der Waals surface area contributed by atoms with Crippen molar-refractivity contribution in [2.45, 2.75) is 0 Å². The Morgan fingerprint density at radius 1 is 1.42 bits per heavy atom. The number of hydrogen-bond donors (Lipinski definition) is 2. The van der Waals surface area contributed by atoms with Crippen LogP contribution in [-0.2, 0) is 0 Å². The summed E-state index contributed by atoms with van der Waals surface area (Å²) in [5, 5.41) is 12.8. The number of aromatic nitrogens is 2. The number of fused-ring (bicyclic) bond motifs is 1. The molecule has 0 amide bonds. The molecule has 0 saturated heterocycles. The van der Waals surface area contributed by atoms with Gasteiger partial charge in [0.2, 0.25) is 5.95 Å². The highest BCUT2D eigenvalue weighted by molar-refractivity contribution is 5.93. The van der Waals surface area contributed by atoms with E-state index in [1.807, 2.05) is 14.1 Å². The molecule has 2 rings (SSSR count). The van der Waals surface area contributed by atoms with Crippen molar-refractivity contribution in [1.82, 2.24) is 14.9 Å². The third kappa shape index (κ3) is 3.38. The Morgan fingerprint density at radius 3 is 2.89 bits per heavy atom. The van der Waals surface area contributed by atoms with Crippen LogP contribution < -0.4 is 5.32 Å². The first kappa shape index (κ1) is 13.2. The Bertz CT molecular complexity index is 598. The second kappa shape index (κ2) is 5.62. The molecule has 1 aromatic heterocycles. The quantitative estimate of drug-likeness (QED) is 0.843. The van der Waals surface area contributed by atoms with E-state index in [4.69, 9.17) is 5.11 Å². The Hall–Kier alpha value is -2.21. The van der Waals surface area contributed by atoms with E-state index in [9.17, 15) is 4.79 Å². The number of aromatic carboxylic acids is 1. The molecule has 0 atom stereocenters. The maximum atomic E-state index is 10.9. The van der Waals surface area contributed by atoms with Crippen LogP contribution in [0, 0.1) is 0 Å². The molecule has 0 fully saturated rings. The van der Waals surface area contributed by atoms with Crippen LogP contribution in [0.25, 0.3) is 10.9 Å². The highest BCUT2D eigenvalue weighted by atomic mass is 16.4. The number of hydrogen-bond acceptors (Lipinski definition) is 5. The zero-order valence-electron chi connectivity index (χ0n) is 10.9. The second-order valence-electron chi connectivity index (χ2n) is 4.50. The molecule has 2 aromatic rings. The van der Waals surface area contributed by atoms with Gasteiger partial charge in [-0.05, 0) is 32.3 Å². The minimum atomic E-state index is -0.949. The van der Waals surface area contributed by atoms with Crippen LogP contribution in [0.15, 0.2) is 24.4 Å². The molecule has 100 valence electrons. The largest absolute Gasteiger partial charge is 0.478 e. The van der Waals surface area contributed by atoms with E-state index in [0.29, 0.717) is 5.95 Å². The number of benzene rings is 1. The molecule has 19 heavy (non-hydrogen) atoms. The highest BCUT2D eigenvalue weighted by Crippen LogP contribution is 2.14. The normalized spacial score (nSPS) is 10.9. The molecule has 0 aliphatic heterocycles. The van der Waals surface area contributed by atoms with Gasteiger partial charge in [-0.15, -0.1) is 0 Å². The van der Waals surface area contributed by atoms with Gasteiger partial charge in [0.15, 0.2) is 0 Å². The number of nitrogens with one attached hydrogen (secondary N) is 1. The zero-order chi connectivity index (χ0) is 13.8. The zero-order valence-corrected chi connectivity index (χ0v) is 10.9. The lowest BCUT2D eigenvalue weighted by molar-refractivity contribution is 0.0697. The minimum absolute atomic E-state index is 0.240. The van der Waals surface area contributed by atoms with E-state index in [0.717, 1.165) is 24.0 Å². The number of carbonyl (C=O) groups is 1. The molecular weight excluding hydrogens is 244 g/mol. The van der Waals surface area contributed by atoms with Gasteiger partial charge in [0.1, 0.15) is 0 Å². The van der Waals surface area contributed by atoms with E-state index in [1.165, 1.54) is 0 Å². The molecule has 0 radical (unpaired) electrons. The molecule has 0 saturated carbocycles. The van der Waals surface area contributed by atoms with Crippen LogP contribution in [0.2, 0.25) is 0 Å². The third-order valence-corrected chi connectivity index (χ3v) is 2.67. The molecule has 0 unspecified atom stereocenters. The summed E-state index contributed by atoms with van der Waals surface area (Å²) in [5.41, 5.74) is 0.969. The summed E-state index contributed by atoms with van der Waals surface area (Å²) >= 11 is 0. The Kier molecular flexibility index (Phi) is 3.91. The predicted octanol–water partition coefficient (Wildman–Crippen LogP) is 1.30. The van der Waals surface area contributed by atoms with Crippen molar-refractivity contribution in [3.63, 3.8) is 0 Å². The fourth-order valence-corrected chi connectivity index (χ4v) is 1.64. The Balaban J connectivity index is 2.17.